The normalized spacial score (nSPS) is 24.3. The number of rotatable bonds is 5. The number of nitrogens with zero attached hydrogens (tertiary/aromatic N) is 4. The summed E-state index contributed by atoms with van der Waals surface area (Å²) in [6.45, 7) is 9.98. The fraction of sp³-hybridized carbons (Fsp3) is 0.765. The molecule has 3 rings (SSSR count). The third-order valence-corrected chi connectivity index (χ3v) is 5.55. The molecule has 2 aliphatic heterocycles. The predicted molar refractivity (Wildman–Crippen MR) is 90.2 cm³/mol. The number of aromatic nitrogens is 2. The van der Waals surface area contributed by atoms with E-state index < -0.39 is 5.54 Å². The van der Waals surface area contributed by atoms with Crippen molar-refractivity contribution < 1.29 is 4.79 Å². The number of carbonyl (C=O) groups excluding carboxylic acids is 1. The van der Waals surface area contributed by atoms with Crippen LogP contribution in [0.25, 0.3) is 0 Å². The molecule has 2 saturated heterocycles. The van der Waals surface area contributed by atoms with Gasteiger partial charge in [-0.3, -0.25) is 14.4 Å². The highest BCUT2D eigenvalue weighted by molar-refractivity contribution is 5.85. The number of amides is 1. The van der Waals surface area contributed by atoms with E-state index in [2.05, 4.69) is 34.1 Å². The lowest BCUT2D eigenvalue weighted by molar-refractivity contribution is -0.142. The standard InChI is InChI=1S/C17H29N5O/c1-3-20(4-2)15-6-13-21(14-15)16(23)17(7-10-18-11-8-17)22-12-5-9-19-22/h5,9,12,15,18H,3-4,6-8,10-11,13-14H2,1-2H3. The fourth-order valence-corrected chi connectivity index (χ4v) is 4.16. The van der Waals surface area contributed by atoms with Crippen molar-refractivity contribution in [3.8, 4) is 0 Å². The van der Waals surface area contributed by atoms with Gasteiger partial charge in [0.25, 0.3) is 5.91 Å². The van der Waals surface area contributed by atoms with Gasteiger partial charge in [-0.1, -0.05) is 13.8 Å². The Labute approximate surface area is 138 Å². The van der Waals surface area contributed by atoms with Gasteiger partial charge in [-0.2, -0.15) is 5.10 Å². The molecule has 128 valence electrons. The predicted octanol–water partition coefficient (Wildman–Crippen LogP) is 0.905. The Balaban J connectivity index is 1.77. The van der Waals surface area contributed by atoms with Crippen molar-refractivity contribution in [1.82, 2.24) is 24.9 Å². The van der Waals surface area contributed by atoms with Crippen LogP contribution in [0.5, 0.6) is 0 Å². The second kappa shape index (κ2) is 7.01. The van der Waals surface area contributed by atoms with Crippen LogP contribution in [0.1, 0.15) is 33.1 Å². The van der Waals surface area contributed by atoms with Gasteiger partial charge >= 0.3 is 0 Å². The largest absolute Gasteiger partial charge is 0.339 e. The maximum absolute atomic E-state index is 13.4. The number of carbonyl (C=O) groups is 1. The van der Waals surface area contributed by atoms with E-state index in [0.29, 0.717) is 6.04 Å². The lowest BCUT2D eigenvalue weighted by atomic mass is 9.87. The van der Waals surface area contributed by atoms with Crippen LogP contribution in [0.2, 0.25) is 0 Å². The second-order valence-corrected chi connectivity index (χ2v) is 6.65. The van der Waals surface area contributed by atoms with E-state index in [-0.39, 0.29) is 5.91 Å². The highest BCUT2D eigenvalue weighted by atomic mass is 16.2. The average molecular weight is 319 g/mol. The Kier molecular flexibility index (Phi) is 5.02. The first-order valence-corrected chi connectivity index (χ1v) is 8.95. The van der Waals surface area contributed by atoms with Crippen LogP contribution in [-0.2, 0) is 10.3 Å². The number of hydrogen-bond acceptors (Lipinski definition) is 4. The van der Waals surface area contributed by atoms with Crippen molar-refractivity contribution in [2.24, 2.45) is 0 Å². The van der Waals surface area contributed by atoms with E-state index in [1.807, 2.05) is 16.9 Å². The van der Waals surface area contributed by atoms with Gasteiger partial charge in [0.1, 0.15) is 5.54 Å². The molecule has 1 unspecified atom stereocenters. The molecule has 3 heterocycles. The third-order valence-electron chi connectivity index (χ3n) is 5.55. The molecule has 0 saturated carbocycles. The van der Waals surface area contributed by atoms with Gasteiger partial charge in [-0.05, 0) is 51.5 Å². The molecular formula is C17H29N5O. The third kappa shape index (κ3) is 3.02. The summed E-state index contributed by atoms with van der Waals surface area (Å²) >= 11 is 0. The van der Waals surface area contributed by atoms with Gasteiger partial charge in [-0.15, -0.1) is 0 Å². The van der Waals surface area contributed by atoms with Gasteiger partial charge < -0.3 is 10.2 Å². The molecule has 2 fully saturated rings. The zero-order valence-corrected chi connectivity index (χ0v) is 14.4. The summed E-state index contributed by atoms with van der Waals surface area (Å²) in [5, 5.41) is 7.79. The van der Waals surface area contributed by atoms with Gasteiger partial charge in [0.2, 0.25) is 0 Å². The fourth-order valence-electron chi connectivity index (χ4n) is 4.16. The number of piperidine rings is 1. The van der Waals surface area contributed by atoms with Crippen LogP contribution in [0, 0.1) is 0 Å². The minimum absolute atomic E-state index is 0.261. The van der Waals surface area contributed by atoms with E-state index in [1.54, 1.807) is 6.20 Å². The van der Waals surface area contributed by atoms with E-state index in [9.17, 15) is 4.79 Å². The van der Waals surface area contributed by atoms with Crippen LogP contribution >= 0.6 is 0 Å². The first kappa shape index (κ1) is 16.5. The summed E-state index contributed by atoms with van der Waals surface area (Å²) in [4.78, 5) is 17.9. The monoisotopic (exact) mass is 319 g/mol. The number of likely N-dealkylation sites (tertiary alicyclic amines) is 1. The highest BCUT2D eigenvalue weighted by Crippen LogP contribution is 2.31. The second-order valence-electron chi connectivity index (χ2n) is 6.65. The highest BCUT2D eigenvalue weighted by Gasteiger charge is 2.46. The summed E-state index contributed by atoms with van der Waals surface area (Å²) in [5.74, 6) is 0.261. The molecule has 1 N–H and O–H groups in total. The van der Waals surface area contributed by atoms with Gasteiger partial charge in [0.05, 0.1) is 0 Å². The SMILES string of the molecule is CCN(CC)C1CCN(C(=O)C2(n3cccn3)CCNCC2)C1. The maximum atomic E-state index is 13.4. The zero-order valence-electron chi connectivity index (χ0n) is 14.4. The van der Waals surface area contributed by atoms with Crippen LogP contribution in [0.15, 0.2) is 18.5 Å². The lowest BCUT2D eigenvalue weighted by Crippen LogP contribution is -2.55. The molecule has 0 aromatic carbocycles. The minimum Gasteiger partial charge on any atom is -0.339 e. The van der Waals surface area contributed by atoms with Crippen LogP contribution in [0.3, 0.4) is 0 Å². The molecule has 1 aromatic rings. The molecular weight excluding hydrogens is 290 g/mol. The lowest BCUT2D eigenvalue weighted by Gasteiger charge is -2.39. The van der Waals surface area contributed by atoms with Crippen LogP contribution < -0.4 is 5.32 Å². The summed E-state index contributed by atoms with van der Waals surface area (Å²) in [5.41, 5.74) is -0.493. The maximum Gasteiger partial charge on any atom is 0.250 e. The Hall–Kier alpha value is -1.40. The summed E-state index contributed by atoms with van der Waals surface area (Å²) in [7, 11) is 0. The molecule has 1 amide bonds. The average Bonchev–Trinajstić information content (AvgIpc) is 3.28. The van der Waals surface area contributed by atoms with Gasteiger partial charge in [0, 0.05) is 31.5 Å². The Morgan fingerprint density at radius 2 is 2.09 bits per heavy atom. The summed E-state index contributed by atoms with van der Waals surface area (Å²) in [6.07, 6.45) is 6.45. The molecule has 6 heteroatoms. The van der Waals surface area contributed by atoms with Crippen molar-refractivity contribution in [2.75, 3.05) is 39.3 Å². The molecule has 0 aliphatic carbocycles. The molecule has 0 bridgehead atoms. The van der Waals surface area contributed by atoms with E-state index in [1.165, 1.54) is 0 Å². The number of hydrogen-bond donors (Lipinski definition) is 1. The van der Waals surface area contributed by atoms with Crippen molar-refractivity contribution in [1.29, 1.82) is 0 Å². The first-order valence-electron chi connectivity index (χ1n) is 8.95. The van der Waals surface area contributed by atoms with Gasteiger partial charge in [0.15, 0.2) is 0 Å². The Bertz CT molecular complexity index is 505. The van der Waals surface area contributed by atoms with Crippen LogP contribution in [0.4, 0.5) is 0 Å². The smallest absolute Gasteiger partial charge is 0.250 e. The number of likely N-dealkylation sites (N-methyl/N-ethyl adjacent to an activating group) is 1. The quantitative estimate of drug-likeness (QED) is 0.876. The number of nitrogens with one attached hydrogen (secondary N) is 1. The molecule has 1 atom stereocenters. The minimum atomic E-state index is -0.493. The zero-order chi connectivity index (χ0) is 16.3. The first-order chi connectivity index (χ1) is 11.2. The van der Waals surface area contributed by atoms with Crippen LogP contribution in [-0.4, -0.2) is 70.8 Å². The van der Waals surface area contributed by atoms with Crippen molar-refractivity contribution in [2.45, 2.75) is 44.7 Å². The van der Waals surface area contributed by atoms with E-state index >= 15 is 0 Å². The summed E-state index contributed by atoms with van der Waals surface area (Å²) in [6, 6.07) is 2.42. The Morgan fingerprint density at radius 3 is 2.70 bits per heavy atom. The Morgan fingerprint density at radius 1 is 1.35 bits per heavy atom. The van der Waals surface area contributed by atoms with Gasteiger partial charge in [-0.25, -0.2) is 0 Å². The van der Waals surface area contributed by atoms with Crippen molar-refractivity contribution >= 4 is 5.91 Å². The molecule has 23 heavy (non-hydrogen) atoms. The molecule has 6 nitrogen and oxygen atoms in total. The summed E-state index contributed by atoms with van der Waals surface area (Å²) < 4.78 is 1.90. The topological polar surface area (TPSA) is 53.4 Å². The van der Waals surface area contributed by atoms with Crippen molar-refractivity contribution in [3.05, 3.63) is 18.5 Å². The molecule has 0 spiro atoms. The van der Waals surface area contributed by atoms with E-state index in [0.717, 1.165) is 58.5 Å². The molecule has 2 aliphatic rings. The molecule has 1 aromatic heterocycles. The molecule has 0 radical (unpaired) electrons. The van der Waals surface area contributed by atoms with E-state index in [4.69, 9.17) is 0 Å². The van der Waals surface area contributed by atoms with Crippen molar-refractivity contribution in [3.63, 3.8) is 0 Å².